The normalized spacial score (nSPS) is 21.9. The SMILES string of the molecule is O=C(CSc1ccc2c(c1)OCCO2)NCC1(N2CCOCC2)CCCCC1. The minimum atomic E-state index is 0.0955. The van der Waals surface area contributed by atoms with Crippen LogP contribution in [0.2, 0.25) is 0 Å². The van der Waals surface area contributed by atoms with Gasteiger partial charge in [0.2, 0.25) is 5.91 Å². The van der Waals surface area contributed by atoms with Crippen LogP contribution < -0.4 is 14.8 Å². The number of nitrogens with one attached hydrogen (secondary N) is 1. The Balaban J connectivity index is 1.30. The molecule has 0 unspecified atom stereocenters. The maximum Gasteiger partial charge on any atom is 0.230 e. The maximum absolute atomic E-state index is 12.5. The van der Waals surface area contributed by atoms with Gasteiger partial charge in [-0.25, -0.2) is 0 Å². The molecule has 1 saturated carbocycles. The summed E-state index contributed by atoms with van der Waals surface area (Å²) in [7, 11) is 0. The fraction of sp³-hybridized carbons (Fsp3) is 0.667. The maximum atomic E-state index is 12.5. The monoisotopic (exact) mass is 406 g/mol. The molecule has 1 aromatic rings. The Kier molecular flexibility index (Phi) is 6.65. The van der Waals surface area contributed by atoms with E-state index in [1.807, 2.05) is 18.2 Å². The summed E-state index contributed by atoms with van der Waals surface area (Å²) in [6, 6.07) is 5.87. The Morgan fingerprint density at radius 1 is 1.04 bits per heavy atom. The Morgan fingerprint density at radius 2 is 1.79 bits per heavy atom. The quantitative estimate of drug-likeness (QED) is 0.733. The molecule has 4 rings (SSSR count). The van der Waals surface area contributed by atoms with Crippen LogP contribution in [0.5, 0.6) is 11.5 Å². The zero-order valence-electron chi connectivity index (χ0n) is 16.4. The summed E-state index contributed by atoms with van der Waals surface area (Å²) in [5.74, 6) is 2.06. The van der Waals surface area contributed by atoms with Crippen LogP contribution in [-0.2, 0) is 9.53 Å². The number of ether oxygens (including phenoxy) is 3. The summed E-state index contributed by atoms with van der Waals surface area (Å²) < 4.78 is 16.7. The van der Waals surface area contributed by atoms with E-state index in [1.54, 1.807) is 11.8 Å². The van der Waals surface area contributed by atoms with E-state index in [1.165, 1.54) is 32.1 Å². The summed E-state index contributed by atoms with van der Waals surface area (Å²) in [5.41, 5.74) is 0.110. The van der Waals surface area contributed by atoms with Crippen LogP contribution in [0, 0.1) is 0 Å². The first-order valence-electron chi connectivity index (χ1n) is 10.4. The van der Waals surface area contributed by atoms with E-state index >= 15 is 0 Å². The van der Waals surface area contributed by atoms with Gasteiger partial charge in [-0.2, -0.15) is 0 Å². The third kappa shape index (κ3) is 4.75. The highest BCUT2D eigenvalue weighted by atomic mass is 32.2. The average molecular weight is 407 g/mol. The van der Waals surface area contributed by atoms with Gasteiger partial charge in [-0.1, -0.05) is 19.3 Å². The highest BCUT2D eigenvalue weighted by Gasteiger charge is 2.38. The van der Waals surface area contributed by atoms with Gasteiger partial charge < -0.3 is 19.5 Å². The number of nitrogens with zero attached hydrogens (tertiary/aromatic N) is 1. The van der Waals surface area contributed by atoms with Crippen LogP contribution in [-0.4, -0.2) is 68.2 Å². The Labute approximate surface area is 171 Å². The Morgan fingerprint density at radius 3 is 2.57 bits per heavy atom. The highest BCUT2D eigenvalue weighted by Crippen LogP contribution is 2.35. The van der Waals surface area contributed by atoms with Crippen molar-refractivity contribution in [2.24, 2.45) is 0 Å². The number of carbonyl (C=O) groups excluding carboxylic acids is 1. The second-order valence-electron chi connectivity index (χ2n) is 7.76. The molecular formula is C21H30N2O4S. The molecule has 1 aromatic carbocycles. The van der Waals surface area contributed by atoms with Crippen LogP contribution in [0.15, 0.2) is 23.1 Å². The molecule has 0 radical (unpaired) electrons. The molecular weight excluding hydrogens is 376 g/mol. The van der Waals surface area contributed by atoms with E-state index < -0.39 is 0 Å². The van der Waals surface area contributed by atoms with E-state index in [0.717, 1.165) is 49.2 Å². The first-order valence-corrected chi connectivity index (χ1v) is 11.4. The van der Waals surface area contributed by atoms with Crippen molar-refractivity contribution in [1.82, 2.24) is 10.2 Å². The van der Waals surface area contributed by atoms with Gasteiger partial charge in [0.1, 0.15) is 13.2 Å². The largest absolute Gasteiger partial charge is 0.486 e. The lowest BCUT2D eigenvalue weighted by atomic mass is 9.79. The third-order valence-corrected chi connectivity index (χ3v) is 6.96. The molecule has 154 valence electrons. The minimum Gasteiger partial charge on any atom is -0.486 e. The summed E-state index contributed by atoms with van der Waals surface area (Å²) in [6.45, 7) is 5.46. The number of fused-ring (bicyclic) bond motifs is 1. The lowest BCUT2D eigenvalue weighted by Gasteiger charge is -2.48. The first-order chi connectivity index (χ1) is 13.8. The van der Waals surface area contributed by atoms with E-state index in [2.05, 4.69) is 10.2 Å². The lowest BCUT2D eigenvalue weighted by Crippen LogP contribution is -2.59. The number of carbonyl (C=O) groups is 1. The van der Waals surface area contributed by atoms with Crippen molar-refractivity contribution in [3.63, 3.8) is 0 Å². The van der Waals surface area contributed by atoms with Gasteiger partial charge >= 0.3 is 0 Å². The highest BCUT2D eigenvalue weighted by molar-refractivity contribution is 8.00. The first kappa shape index (κ1) is 19.9. The number of hydrogen-bond acceptors (Lipinski definition) is 6. The molecule has 0 bridgehead atoms. The van der Waals surface area contributed by atoms with Gasteiger partial charge in [0.05, 0.1) is 19.0 Å². The van der Waals surface area contributed by atoms with Gasteiger partial charge in [0, 0.05) is 30.1 Å². The zero-order chi connectivity index (χ0) is 19.2. The summed E-state index contributed by atoms with van der Waals surface area (Å²) >= 11 is 1.54. The number of hydrogen-bond donors (Lipinski definition) is 1. The molecule has 0 atom stereocenters. The minimum absolute atomic E-state index is 0.0955. The van der Waals surface area contributed by atoms with Gasteiger partial charge in [-0.05, 0) is 31.0 Å². The van der Waals surface area contributed by atoms with Gasteiger partial charge in [-0.15, -0.1) is 11.8 Å². The van der Waals surface area contributed by atoms with Crippen LogP contribution in [0.3, 0.4) is 0 Å². The standard InChI is InChI=1S/C21H30N2O4S/c24-20(15-28-17-4-5-18-19(14-17)27-13-12-26-18)22-16-21(6-2-1-3-7-21)23-8-10-25-11-9-23/h4-5,14H,1-3,6-13,15-16H2,(H,22,24). The van der Waals surface area contributed by atoms with E-state index in [0.29, 0.717) is 19.0 Å². The molecule has 0 aromatic heterocycles. The number of amides is 1. The van der Waals surface area contributed by atoms with E-state index in [9.17, 15) is 4.79 Å². The van der Waals surface area contributed by atoms with Crippen LogP contribution in [0.25, 0.3) is 0 Å². The Hall–Kier alpha value is -1.44. The fourth-order valence-corrected chi connectivity index (χ4v) is 5.18. The topological polar surface area (TPSA) is 60.0 Å². The van der Waals surface area contributed by atoms with Crippen molar-refractivity contribution in [3.8, 4) is 11.5 Å². The zero-order valence-corrected chi connectivity index (χ0v) is 17.2. The van der Waals surface area contributed by atoms with E-state index in [-0.39, 0.29) is 11.4 Å². The van der Waals surface area contributed by atoms with Crippen molar-refractivity contribution in [3.05, 3.63) is 18.2 Å². The molecule has 6 nitrogen and oxygen atoms in total. The van der Waals surface area contributed by atoms with Crippen molar-refractivity contribution in [2.45, 2.75) is 42.5 Å². The second kappa shape index (κ2) is 9.37. The molecule has 2 heterocycles. The average Bonchev–Trinajstić information content (AvgIpc) is 2.77. The van der Waals surface area contributed by atoms with Crippen molar-refractivity contribution in [1.29, 1.82) is 0 Å². The summed E-state index contributed by atoms with van der Waals surface area (Å²) in [6.07, 6.45) is 6.14. The van der Waals surface area contributed by atoms with E-state index in [4.69, 9.17) is 14.2 Å². The van der Waals surface area contributed by atoms with Gasteiger partial charge in [0.15, 0.2) is 11.5 Å². The number of thioether (sulfide) groups is 1. The molecule has 7 heteroatoms. The van der Waals surface area contributed by atoms with Gasteiger partial charge in [0.25, 0.3) is 0 Å². The van der Waals surface area contributed by atoms with Crippen molar-refractivity contribution < 1.29 is 19.0 Å². The number of rotatable bonds is 6. The molecule has 1 aliphatic carbocycles. The molecule has 3 aliphatic rings. The predicted octanol–water partition coefficient (Wildman–Crippen LogP) is 2.70. The molecule has 1 N–H and O–H groups in total. The second-order valence-corrected chi connectivity index (χ2v) is 8.80. The van der Waals surface area contributed by atoms with Crippen LogP contribution in [0.4, 0.5) is 0 Å². The number of benzene rings is 1. The summed E-state index contributed by atoms with van der Waals surface area (Å²) in [4.78, 5) is 16.1. The molecule has 1 amide bonds. The third-order valence-electron chi connectivity index (χ3n) is 5.96. The van der Waals surface area contributed by atoms with Crippen molar-refractivity contribution >= 4 is 17.7 Å². The van der Waals surface area contributed by atoms with Crippen LogP contribution >= 0.6 is 11.8 Å². The number of morpholine rings is 1. The lowest BCUT2D eigenvalue weighted by molar-refractivity contribution is -0.119. The molecule has 2 aliphatic heterocycles. The summed E-state index contributed by atoms with van der Waals surface area (Å²) in [5, 5.41) is 3.22. The predicted molar refractivity (Wildman–Crippen MR) is 109 cm³/mol. The van der Waals surface area contributed by atoms with Crippen molar-refractivity contribution in [2.75, 3.05) is 51.8 Å². The smallest absolute Gasteiger partial charge is 0.230 e. The molecule has 1 saturated heterocycles. The fourth-order valence-electron chi connectivity index (χ4n) is 4.43. The molecule has 2 fully saturated rings. The van der Waals surface area contributed by atoms with Crippen LogP contribution in [0.1, 0.15) is 32.1 Å². The molecule has 0 spiro atoms. The Bertz CT molecular complexity index is 672. The molecule has 28 heavy (non-hydrogen) atoms. The van der Waals surface area contributed by atoms with Gasteiger partial charge in [-0.3, -0.25) is 9.69 Å².